The highest BCUT2D eigenvalue weighted by Crippen LogP contribution is 2.15. The Labute approximate surface area is 149 Å². The van der Waals surface area contributed by atoms with Crippen LogP contribution in [0.4, 0.5) is 10.8 Å². The average molecular weight is 360 g/mol. The quantitative estimate of drug-likeness (QED) is 0.696. The molecule has 1 aliphatic rings. The summed E-state index contributed by atoms with van der Waals surface area (Å²) in [4.78, 5) is 25.6. The van der Waals surface area contributed by atoms with E-state index >= 15 is 0 Å². The predicted octanol–water partition coefficient (Wildman–Crippen LogP) is 0.623. The van der Waals surface area contributed by atoms with Crippen LogP contribution in [0.5, 0.6) is 0 Å². The fourth-order valence-corrected chi connectivity index (χ4v) is 3.25. The van der Waals surface area contributed by atoms with Crippen molar-refractivity contribution in [1.82, 2.24) is 20.4 Å². The highest BCUT2D eigenvalue weighted by molar-refractivity contribution is 7.15. The lowest BCUT2D eigenvalue weighted by Crippen LogP contribution is -2.47. The van der Waals surface area contributed by atoms with Gasteiger partial charge in [-0.2, -0.15) is 0 Å². The first kappa shape index (κ1) is 17.3. The summed E-state index contributed by atoms with van der Waals surface area (Å²) in [5, 5.41) is 14.5. The molecule has 0 aliphatic carbocycles. The smallest absolute Gasteiger partial charge is 0.234 e. The number of nitrogens with two attached hydrogens (primary N) is 1. The molecule has 2 aromatic rings. The van der Waals surface area contributed by atoms with E-state index in [2.05, 4.69) is 25.7 Å². The van der Waals surface area contributed by atoms with E-state index < -0.39 is 0 Å². The summed E-state index contributed by atoms with van der Waals surface area (Å²) in [5.41, 5.74) is 7.34. The molecule has 0 unspecified atom stereocenters. The highest BCUT2D eigenvalue weighted by atomic mass is 32.1. The number of rotatable bonds is 6. The van der Waals surface area contributed by atoms with Crippen LogP contribution in [0.2, 0.25) is 0 Å². The van der Waals surface area contributed by atoms with Gasteiger partial charge in [0.1, 0.15) is 5.01 Å². The normalized spacial score (nSPS) is 15.0. The molecule has 0 spiro atoms. The molecule has 2 amide bonds. The number of nitrogens with one attached hydrogen (secondary N) is 2. The molecule has 8 nitrogen and oxygen atoms in total. The van der Waals surface area contributed by atoms with E-state index in [9.17, 15) is 9.59 Å². The molecule has 0 bridgehead atoms. The summed E-state index contributed by atoms with van der Waals surface area (Å²) in [6.07, 6.45) is 0.842. The number of nitrogen functional groups attached to an aromatic ring is 1. The summed E-state index contributed by atoms with van der Waals surface area (Å²) < 4.78 is 0. The minimum absolute atomic E-state index is 0.0491. The van der Waals surface area contributed by atoms with Crippen molar-refractivity contribution in [2.24, 2.45) is 0 Å². The summed E-state index contributed by atoms with van der Waals surface area (Å²) in [7, 11) is 0. The van der Waals surface area contributed by atoms with Crippen molar-refractivity contribution in [3.05, 3.63) is 34.8 Å². The van der Waals surface area contributed by atoms with Crippen LogP contribution in [0, 0.1) is 0 Å². The number of carbonyl (C=O) groups excluding carboxylic acids is 2. The van der Waals surface area contributed by atoms with Crippen molar-refractivity contribution in [1.29, 1.82) is 0 Å². The van der Waals surface area contributed by atoms with Crippen molar-refractivity contribution in [3.63, 3.8) is 0 Å². The second-order valence-corrected chi connectivity index (χ2v) is 6.94. The predicted molar refractivity (Wildman–Crippen MR) is 96.0 cm³/mol. The summed E-state index contributed by atoms with van der Waals surface area (Å²) in [6, 6.07) is 7.69. The van der Waals surface area contributed by atoms with Gasteiger partial charge in [0, 0.05) is 38.2 Å². The molecule has 9 heteroatoms. The molecule has 3 rings (SSSR count). The molecule has 2 heterocycles. The van der Waals surface area contributed by atoms with Crippen LogP contribution in [0.25, 0.3) is 0 Å². The van der Waals surface area contributed by atoms with Crippen LogP contribution < -0.4 is 16.4 Å². The Bertz CT molecular complexity index is 763. The largest absolute Gasteiger partial charge is 0.374 e. The Hall–Kier alpha value is -2.52. The zero-order chi connectivity index (χ0) is 17.6. The van der Waals surface area contributed by atoms with E-state index in [0.717, 1.165) is 22.8 Å². The van der Waals surface area contributed by atoms with Crippen LogP contribution >= 0.6 is 11.3 Å². The summed E-state index contributed by atoms with van der Waals surface area (Å²) in [5.74, 6) is -0.0312. The van der Waals surface area contributed by atoms with E-state index in [-0.39, 0.29) is 11.8 Å². The van der Waals surface area contributed by atoms with Gasteiger partial charge in [-0.05, 0) is 17.7 Å². The lowest BCUT2D eigenvalue weighted by Gasteiger charge is -2.26. The van der Waals surface area contributed by atoms with Crippen LogP contribution in [0.15, 0.2) is 24.3 Å². The third-order valence-corrected chi connectivity index (χ3v) is 4.59. The molecule has 1 saturated heterocycles. The van der Waals surface area contributed by atoms with Gasteiger partial charge in [0.05, 0.1) is 6.54 Å². The van der Waals surface area contributed by atoms with Gasteiger partial charge in [-0.1, -0.05) is 23.5 Å². The number of piperazine rings is 1. The maximum Gasteiger partial charge on any atom is 0.234 e. The second-order valence-electron chi connectivity index (χ2n) is 5.84. The van der Waals surface area contributed by atoms with Crippen LogP contribution in [-0.4, -0.2) is 46.5 Å². The monoisotopic (exact) mass is 360 g/mol. The Morgan fingerprint density at radius 2 is 2.28 bits per heavy atom. The molecule has 0 radical (unpaired) electrons. The van der Waals surface area contributed by atoms with Gasteiger partial charge in [-0.3, -0.25) is 14.5 Å². The molecule has 132 valence electrons. The number of anilines is 2. The van der Waals surface area contributed by atoms with Crippen LogP contribution in [0.1, 0.15) is 17.0 Å². The number of amides is 2. The third-order valence-electron chi connectivity index (χ3n) is 3.78. The van der Waals surface area contributed by atoms with E-state index in [1.807, 2.05) is 24.3 Å². The van der Waals surface area contributed by atoms with Crippen LogP contribution in [0.3, 0.4) is 0 Å². The Balaban J connectivity index is 1.52. The van der Waals surface area contributed by atoms with E-state index in [1.54, 1.807) is 0 Å². The highest BCUT2D eigenvalue weighted by Gasteiger charge is 2.16. The maximum atomic E-state index is 12.1. The number of aromatic nitrogens is 2. The first-order valence-electron chi connectivity index (χ1n) is 8.04. The van der Waals surface area contributed by atoms with Crippen molar-refractivity contribution in [2.75, 3.05) is 30.7 Å². The van der Waals surface area contributed by atoms with Gasteiger partial charge >= 0.3 is 0 Å². The van der Waals surface area contributed by atoms with Crippen molar-refractivity contribution in [2.45, 2.75) is 19.4 Å². The molecule has 1 aliphatic heterocycles. The topological polar surface area (TPSA) is 113 Å². The van der Waals surface area contributed by atoms with Crippen LogP contribution in [-0.2, 0) is 22.6 Å². The molecule has 4 N–H and O–H groups in total. The zero-order valence-corrected chi connectivity index (χ0v) is 14.5. The minimum Gasteiger partial charge on any atom is -0.374 e. The molecule has 1 aromatic carbocycles. The van der Waals surface area contributed by atoms with E-state index in [1.165, 1.54) is 11.3 Å². The van der Waals surface area contributed by atoms with E-state index in [4.69, 9.17) is 5.73 Å². The number of carbonyl (C=O) groups is 2. The van der Waals surface area contributed by atoms with Gasteiger partial charge in [0.15, 0.2) is 0 Å². The summed E-state index contributed by atoms with van der Waals surface area (Å²) in [6.45, 7) is 2.58. The molecular formula is C16H20N6O2S. The fraction of sp³-hybridized carbons (Fsp3) is 0.375. The number of hydrogen-bond donors (Lipinski definition) is 3. The molecule has 1 aromatic heterocycles. The van der Waals surface area contributed by atoms with Gasteiger partial charge in [0.2, 0.25) is 16.9 Å². The number of benzene rings is 1. The standard InChI is InChI=1S/C16H20N6O2S/c17-16-21-20-15(25-16)5-4-13(23)19-12-3-1-2-11(8-12)9-22-7-6-18-14(24)10-22/h1-3,8H,4-7,9-10H2,(H2,17,21)(H,18,24)(H,19,23). The van der Waals surface area contributed by atoms with Gasteiger partial charge in [-0.15, -0.1) is 10.2 Å². The molecule has 0 saturated carbocycles. The van der Waals surface area contributed by atoms with Gasteiger partial charge in [-0.25, -0.2) is 0 Å². The Morgan fingerprint density at radius 3 is 3.04 bits per heavy atom. The third kappa shape index (κ3) is 5.23. The second kappa shape index (κ2) is 8.04. The van der Waals surface area contributed by atoms with E-state index in [0.29, 0.717) is 37.6 Å². The lowest BCUT2D eigenvalue weighted by atomic mass is 10.1. The SMILES string of the molecule is Nc1nnc(CCC(=O)Nc2cccc(CN3CCNC(=O)C3)c2)s1. The first-order chi connectivity index (χ1) is 12.1. The zero-order valence-electron chi connectivity index (χ0n) is 13.7. The molecule has 25 heavy (non-hydrogen) atoms. The summed E-state index contributed by atoms with van der Waals surface area (Å²) >= 11 is 1.30. The van der Waals surface area contributed by atoms with Crippen molar-refractivity contribution >= 4 is 34.0 Å². The minimum atomic E-state index is -0.0803. The molecule has 0 atom stereocenters. The van der Waals surface area contributed by atoms with Gasteiger partial charge in [0.25, 0.3) is 0 Å². The maximum absolute atomic E-state index is 12.1. The Morgan fingerprint density at radius 1 is 1.40 bits per heavy atom. The number of aryl methyl sites for hydroxylation is 1. The van der Waals surface area contributed by atoms with Crippen molar-refractivity contribution < 1.29 is 9.59 Å². The van der Waals surface area contributed by atoms with Crippen molar-refractivity contribution in [3.8, 4) is 0 Å². The molecule has 1 fully saturated rings. The van der Waals surface area contributed by atoms with Gasteiger partial charge < -0.3 is 16.4 Å². The Kier molecular flexibility index (Phi) is 5.56. The lowest BCUT2D eigenvalue weighted by molar-refractivity contribution is -0.124. The number of hydrogen-bond acceptors (Lipinski definition) is 7. The number of nitrogens with zero attached hydrogens (tertiary/aromatic N) is 3. The molecular weight excluding hydrogens is 340 g/mol. The fourth-order valence-electron chi connectivity index (χ4n) is 2.64. The average Bonchev–Trinajstić information content (AvgIpc) is 2.99. The first-order valence-corrected chi connectivity index (χ1v) is 8.86.